The molecule has 1 atom stereocenters. The predicted molar refractivity (Wildman–Crippen MR) is 79.9 cm³/mol. The Labute approximate surface area is 123 Å². The van der Waals surface area contributed by atoms with Gasteiger partial charge in [0.05, 0.1) is 6.20 Å². The summed E-state index contributed by atoms with van der Waals surface area (Å²) < 4.78 is 1.91. The molecule has 1 unspecified atom stereocenters. The summed E-state index contributed by atoms with van der Waals surface area (Å²) in [4.78, 5) is 0. The molecule has 102 valence electrons. The molecule has 19 heavy (non-hydrogen) atoms. The quantitative estimate of drug-likeness (QED) is 0.912. The summed E-state index contributed by atoms with van der Waals surface area (Å²) in [6.07, 6.45) is 4.74. The summed E-state index contributed by atoms with van der Waals surface area (Å²) in [5, 5.41) is 8.93. The molecule has 2 rings (SSSR count). The second kappa shape index (κ2) is 6.42. The highest BCUT2D eigenvalue weighted by Gasteiger charge is 2.17. The molecule has 0 amide bonds. The van der Waals surface area contributed by atoms with Crippen molar-refractivity contribution >= 4 is 23.2 Å². The van der Waals surface area contributed by atoms with Crippen LogP contribution in [0.5, 0.6) is 0 Å². The van der Waals surface area contributed by atoms with Gasteiger partial charge >= 0.3 is 0 Å². The van der Waals surface area contributed by atoms with E-state index < -0.39 is 0 Å². The molecule has 3 nitrogen and oxygen atoms in total. The van der Waals surface area contributed by atoms with Gasteiger partial charge in [-0.05, 0) is 38.1 Å². The molecule has 1 heterocycles. The third-order valence-electron chi connectivity index (χ3n) is 3.15. The minimum absolute atomic E-state index is 0.0794. The second-order valence-electron chi connectivity index (χ2n) is 4.38. The van der Waals surface area contributed by atoms with Gasteiger partial charge in [-0.15, -0.1) is 0 Å². The molecule has 0 aliphatic heterocycles. The minimum atomic E-state index is 0.0794. The molecule has 0 radical (unpaired) electrons. The SMILES string of the molecule is CCn1cc(CC(NC)c2c(Cl)cccc2Cl)cn1. The standard InChI is InChI=1S/C14H17Cl2N3/c1-3-19-9-10(8-18-19)7-13(17-2)14-11(15)5-4-6-12(14)16/h4-6,8-9,13,17H,3,7H2,1-2H3. The number of aromatic nitrogens is 2. The Morgan fingerprint density at radius 3 is 2.53 bits per heavy atom. The molecule has 1 aromatic heterocycles. The zero-order chi connectivity index (χ0) is 13.8. The Morgan fingerprint density at radius 1 is 1.32 bits per heavy atom. The first-order valence-electron chi connectivity index (χ1n) is 6.28. The minimum Gasteiger partial charge on any atom is -0.313 e. The van der Waals surface area contributed by atoms with Gasteiger partial charge in [0.25, 0.3) is 0 Å². The first-order valence-corrected chi connectivity index (χ1v) is 7.03. The molecule has 5 heteroatoms. The fraction of sp³-hybridized carbons (Fsp3) is 0.357. The van der Waals surface area contributed by atoms with Crippen LogP contribution >= 0.6 is 23.2 Å². The summed E-state index contributed by atoms with van der Waals surface area (Å²) in [5.74, 6) is 0. The van der Waals surface area contributed by atoms with Crippen LogP contribution < -0.4 is 5.32 Å². The van der Waals surface area contributed by atoms with Crippen LogP contribution in [0, 0.1) is 0 Å². The summed E-state index contributed by atoms with van der Waals surface area (Å²) >= 11 is 12.5. The maximum absolute atomic E-state index is 6.26. The molecule has 0 spiro atoms. The van der Waals surface area contributed by atoms with E-state index in [1.807, 2.05) is 36.1 Å². The topological polar surface area (TPSA) is 29.9 Å². The number of rotatable bonds is 5. The van der Waals surface area contributed by atoms with Gasteiger partial charge in [0, 0.05) is 34.4 Å². The molecule has 0 aliphatic carbocycles. The van der Waals surface area contributed by atoms with Gasteiger partial charge in [0.15, 0.2) is 0 Å². The molecule has 2 aromatic rings. The van der Waals surface area contributed by atoms with Crippen LogP contribution in [0.4, 0.5) is 0 Å². The normalized spacial score (nSPS) is 12.6. The van der Waals surface area contributed by atoms with Gasteiger partial charge in [-0.2, -0.15) is 5.10 Å². The summed E-state index contributed by atoms with van der Waals surface area (Å²) in [6, 6.07) is 5.66. The Hall–Kier alpha value is -1.03. The number of nitrogens with one attached hydrogen (secondary N) is 1. The van der Waals surface area contributed by atoms with E-state index in [-0.39, 0.29) is 6.04 Å². The van der Waals surface area contributed by atoms with E-state index in [9.17, 15) is 0 Å². The van der Waals surface area contributed by atoms with Crippen LogP contribution in [0.2, 0.25) is 10.0 Å². The van der Waals surface area contributed by atoms with Gasteiger partial charge < -0.3 is 5.32 Å². The lowest BCUT2D eigenvalue weighted by Crippen LogP contribution is -2.19. The van der Waals surface area contributed by atoms with Crippen molar-refractivity contribution in [1.29, 1.82) is 0 Å². The smallest absolute Gasteiger partial charge is 0.0522 e. The second-order valence-corrected chi connectivity index (χ2v) is 5.20. The lowest BCUT2D eigenvalue weighted by atomic mass is 10.0. The maximum Gasteiger partial charge on any atom is 0.0522 e. The number of benzene rings is 1. The third-order valence-corrected chi connectivity index (χ3v) is 3.81. The number of aryl methyl sites for hydroxylation is 1. The van der Waals surface area contributed by atoms with E-state index in [2.05, 4.69) is 23.5 Å². The van der Waals surface area contributed by atoms with Gasteiger partial charge in [-0.25, -0.2) is 0 Å². The number of hydrogen-bond donors (Lipinski definition) is 1. The van der Waals surface area contributed by atoms with Gasteiger partial charge in [0.2, 0.25) is 0 Å². The molecular formula is C14H17Cl2N3. The Morgan fingerprint density at radius 2 is 2.00 bits per heavy atom. The van der Waals surface area contributed by atoms with Crippen molar-refractivity contribution in [2.24, 2.45) is 0 Å². The summed E-state index contributed by atoms with van der Waals surface area (Å²) in [7, 11) is 1.91. The fourth-order valence-electron chi connectivity index (χ4n) is 2.11. The first-order chi connectivity index (χ1) is 9.15. The van der Waals surface area contributed by atoms with Gasteiger partial charge in [-0.3, -0.25) is 4.68 Å². The molecule has 0 saturated carbocycles. The van der Waals surface area contributed by atoms with E-state index in [4.69, 9.17) is 23.2 Å². The average Bonchev–Trinajstić information content (AvgIpc) is 2.85. The maximum atomic E-state index is 6.26. The van der Waals surface area contributed by atoms with Crippen molar-refractivity contribution in [3.05, 3.63) is 51.8 Å². The van der Waals surface area contributed by atoms with Crippen LogP contribution in [0.3, 0.4) is 0 Å². The molecule has 0 bridgehead atoms. The Kier molecular flexibility index (Phi) is 4.86. The number of hydrogen-bond acceptors (Lipinski definition) is 2. The lowest BCUT2D eigenvalue weighted by Gasteiger charge is -2.18. The number of likely N-dealkylation sites (N-methyl/N-ethyl adjacent to an activating group) is 1. The highest BCUT2D eigenvalue weighted by Crippen LogP contribution is 2.31. The summed E-state index contributed by atoms with van der Waals surface area (Å²) in [6.45, 7) is 2.94. The average molecular weight is 298 g/mol. The molecule has 0 fully saturated rings. The van der Waals surface area contributed by atoms with E-state index >= 15 is 0 Å². The number of halogens is 2. The zero-order valence-corrected chi connectivity index (χ0v) is 12.5. The van der Waals surface area contributed by atoms with Crippen LogP contribution in [0.1, 0.15) is 24.1 Å². The van der Waals surface area contributed by atoms with Crippen LogP contribution in [0.25, 0.3) is 0 Å². The van der Waals surface area contributed by atoms with Crippen molar-refractivity contribution in [2.45, 2.75) is 25.9 Å². The Bertz CT molecular complexity index is 531. The molecule has 1 aromatic carbocycles. The molecule has 0 aliphatic rings. The highest BCUT2D eigenvalue weighted by atomic mass is 35.5. The van der Waals surface area contributed by atoms with Crippen LogP contribution in [0.15, 0.2) is 30.6 Å². The molecular weight excluding hydrogens is 281 g/mol. The fourth-order valence-corrected chi connectivity index (χ4v) is 2.77. The monoisotopic (exact) mass is 297 g/mol. The van der Waals surface area contributed by atoms with E-state index in [1.165, 1.54) is 0 Å². The van der Waals surface area contributed by atoms with Crippen molar-refractivity contribution in [1.82, 2.24) is 15.1 Å². The molecule has 1 N–H and O–H groups in total. The zero-order valence-electron chi connectivity index (χ0n) is 11.0. The highest BCUT2D eigenvalue weighted by molar-refractivity contribution is 6.36. The van der Waals surface area contributed by atoms with Crippen molar-refractivity contribution in [2.75, 3.05) is 7.05 Å². The van der Waals surface area contributed by atoms with Crippen LogP contribution in [-0.2, 0) is 13.0 Å². The van der Waals surface area contributed by atoms with Crippen molar-refractivity contribution in [3.63, 3.8) is 0 Å². The number of nitrogens with zero attached hydrogens (tertiary/aromatic N) is 2. The van der Waals surface area contributed by atoms with Crippen molar-refractivity contribution < 1.29 is 0 Å². The third kappa shape index (κ3) is 3.30. The van der Waals surface area contributed by atoms with E-state index in [1.54, 1.807) is 0 Å². The van der Waals surface area contributed by atoms with Crippen molar-refractivity contribution in [3.8, 4) is 0 Å². The summed E-state index contributed by atoms with van der Waals surface area (Å²) in [5.41, 5.74) is 2.11. The first kappa shape index (κ1) is 14.4. The Balaban J connectivity index is 2.25. The predicted octanol–water partition coefficient (Wildman–Crippen LogP) is 3.71. The van der Waals surface area contributed by atoms with Crippen LogP contribution in [-0.4, -0.2) is 16.8 Å². The van der Waals surface area contributed by atoms with E-state index in [0.717, 1.165) is 24.1 Å². The van der Waals surface area contributed by atoms with E-state index in [0.29, 0.717) is 10.0 Å². The largest absolute Gasteiger partial charge is 0.313 e. The van der Waals surface area contributed by atoms with Gasteiger partial charge in [-0.1, -0.05) is 29.3 Å². The molecule has 0 saturated heterocycles. The lowest BCUT2D eigenvalue weighted by molar-refractivity contribution is 0.591. The van der Waals surface area contributed by atoms with Gasteiger partial charge in [0.1, 0.15) is 0 Å².